The van der Waals surface area contributed by atoms with Gasteiger partial charge in [-0.3, -0.25) is 4.55 Å². The molecule has 0 aliphatic heterocycles. The molecule has 2 rings (SSSR count). The van der Waals surface area contributed by atoms with Gasteiger partial charge in [0.2, 0.25) is 0 Å². The molecule has 0 saturated carbocycles. The van der Waals surface area contributed by atoms with Crippen LogP contribution in [0.15, 0.2) is 48.5 Å². The number of rotatable bonds is 0. The molecule has 0 heterocycles. The van der Waals surface area contributed by atoms with E-state index in [-0.39, 0.29) is 11.5 Å². The summed E-state index contributed by atoms with van der Waals surface area (Å²) in [6.07, 6.45) is 0. The molecule has 0 aromatic heterocycles. The van der Waals surface area contributed by atoms with Crippen molar-refractivity contribution in [1.82, 2.24) is 0 Å². The maximum absolute atomic E-state index is 8.97. The number of hydrogen-bond acceptors (Lipinski definition) is 6. The van der Waals surface area contributed by atoms with Crippen molar-refractivity contribution < 1.29 is 23.2 Å². The lowest BCUT2D eigenvalue weighted by Crippen LogP contribution is -2.08. The minimum atomic E-state index is -4.17. The molecule has 0 fully saturated rings. The van der Waals surface area contributed by atoms with Crippen LogP contribution in [0.25, 0.3) is 0 Å². The Bertz CT molecular complexity index is 533. The van der Waals surface area contributed by atoms with Crippen LogP contribution in [0.3, 0.4) is 0 Å². The fourth-order valence-corrected chi connectivity index (χ4v) is 0.949. The number of phenolic OH excluding ortho intramolecular Hbond substituents is 2. The first-order valence-corrected chi connectivity index (χ1v) is 6.92. The first-order valence-electron chi connectivity index (χ1n) is 5.42. The molecule has 0 bridgehead atoms. The lowest BCUT2D eigenvalue weighted by Gasteiger charge is -1.89. The van der Waals surface area contributed by atoms with Gasteiger partial charge in [-0.15, -0.1) is 0 Å². The highest BCUT2D eigenvalue weighted by Crippen LogP contribution is 2.10. The summed E-state index contributed by atoms with van der Waals surface area (Å²) >= 11 is 0. The number of hydrogen-bond donors (Lipinski definition) is 6. The third kappa shape index (κ3) is 13.7. The third-order valence-electron chi connectivity index (χ3n) is 1.79. The molecule has 0 radical (unpaired) electrons. The van der Waals surface area contributed by atoms with E-state index in [9.17, 15) is 0 Å². The van der Waals surface area contributed by atoms with Crippen LogP contribution in [-0.4, -0.2) is 23.2 Å². The number of phenols is 2. The monoisotopic (exact) mass is 315 g/mol. The van der Waals surface area contributed by atoms with Gasteiger partial charge in [0, 0.05) is 11.4 Å². The molecule has 0 spiro atoms. The minimum absolute atomic E-state index is 0.249. The summed E-state index contributed by atoms with van der Waals surface area (Å²) in [6.45, 7) is 0. The van der Waals surface area contributed by atoms with Crippen LogP contribution in [0.4, 0.5) is 11.4 Å². The van der Waals surface area contributed by atoms with Crippen LogP contribution in [-0.2, 0) is 10.3 Å². The zero-order chi connectivity index (χ0) is 16.5. The summed E-state index contributed by atoms with van der Waals surface area (Å²) in [5.74, 6) is 0.499. The van der Waals surface area contributed by atoms with E-state index in [1.54, 1.807) is 48.5 Å². The zero-order valence-electron chi connectivity index (χ0n) is 10.9. The second-order valence-electron chi connectivity index (χ2n) is 3.70. The summed E-state index contributed by atoms with van der Waals surface area (Å²) in [5, 5.41) is 21.3. The van der Waals surface area contributed by atoms with Gasteiger partial charge in [0.25, 0.3) is 0 Å². The van der Waals surface area contributed by atoms with Gasteiger partial charge >= 0.3 is 10.3 Å². The molecule has 21 heavy (non-hydrogen) atoms. The van der Waals surface area contributed by atoms with E-state index in [2.05, 4.69) is 5.14 Å². The molecule has 8 nitrogen and oxygen atoms in total. The van der Waals surface area contributed by atoms with Crippen LogP contribution in [0.1, 0.15) is 0 Å². The minimum Gasteiger partial charge on any atom is -0.508 e. The molecule has 0 unspecified atom stereocenters. The molecular weight excluding hydrogens is 298 g/mol. The Labute approximate surface area is 122 Å². The smallest absolute Gasteiger partial charge is 0.330 e. The van der Waals surface area contributed by atoms with Crippen LogP contribution in [0, 0.1) is 0 Å². The van der Waals surface area contributed by atoms with Gasteiger partial charge in [-0.25, -0.2) is 5.14 Å². The van der Waals surface area contributed by atoms with Crippen LogP contribution >= 0.6 is 0 Å². The highest BCUT2D eigenvalue weighted by atomic mass is 32.2. The Morgan fingerprint density at radius 1 is 0.714 bits per heavy atom. The molecule has 9 heteroatoms. The van der Waals surface area contributed by atoms with E-state index in [0.717, 1.165) is 0 Å². The van der Waals surface area contributed by atoms with Crippen molar-refractivity contribution in [3.63, 3.8) is 0 Å². The zero-order valence-corrected chi connectivity index (χ0v) is 11.7. The Hall–Kier alpha value is -2.49. The molecule has 0 aliphatic rings. The van der Waals surface area contributed by atoms with Gasteiger partial charge in [0.05, 0.1) is 0 Å². The molecule has 0 amide bonds. The Morgan fingerprint density at radius 3 is 1.05 bits per heavy atom. The van der Waals surface area contributed by atoms with Gasteiger partial charge in [0.1, 0.15) is 11.5 Å². The Morgan fingerprint density at radius 2 is 0.905 bits per heavy atom. The highest BCUT2D eigenvalue weighted by molar-refractivity contribution is 7.83. The van der Waals surface area contributed by atoms with Crippen molar-refractivity contribution in [3.8, 4) is 11.5 Å². The summed E-state index contributed by atoms with van der Waals surface area (Å²) < 4.78 is 25.2. The normalized spacial score (nSPS) is 9.62. The second kappa shape index (κ2) is 8.64. The number of nitrogens with two attached hydrogens (primary N) is 3. The highest BCUT2D eigenvalue weighted by Gasteiger charge is 1.83. The number of anilines is 2. The Kier molecular flexibility index (Phi) is 7.61. The Balaban J connectivity index is 0.000000296. The quantitative estimate of drug-likeness (QED) is 0.235. The average molecular weight is 315 g/mol. The van der Waals surface area contributed by atoms with Crippen molar-refractivity contribution in [2.75, 3.05) is 11.5 Å². The molecule has 0 atom stereocenters. The van der Waals surface area contributed by atoms with E-state index in [4.69, 9.17) is 34.7 Å². The van der Waals surface area contributed by atoms with Crippen LogP contribution < -0.4 is 16.6 Å². The molecule has 9 N–H and O–H groups in total. The molecular formula is C12H17N3O5S. The van der Waals surface area contributed by atoms with Crippen LogP contribution in [0.5, 0.6) is 11.5 Å². The summed E-state index contributed by atoms with van der Waals surface area (Å²) in [5.41, 5.74) is 12.0. The van der Waals surface area contributed by atoms with Gasteiger partial charge in [0.15, 0.2) is 0 Å². The predicted molar refractivity (Wildman–Crippen MR) is 80.8 cm³/mol. The van der Waals surface area contributed by atoms with E-state index < -0.39 is 10.3 Å². The SMILES string of the molecule is NS(=O)(=O)O.Nc1ccc(O)cc1.Nc1ccc(O)cc1. The van der Waals surface area contributed by atoms with E-state index in [1.807, 2.05) is 0 Å². The molecule has 2 aromatic carbocycles. The molecule has 2 aromatic rings. The van der Waals surface area contributed by atoms with Gasteiger partial charge < -0.3 is 21.7 Å². The van der Waals surface area contributed by atoms with Crippen molar-refractivity contribution >= 4 is 21.7 Å². The van der Waals surface area contributed by atoms with Crippen molar-refractivity contribution in [2.45, 2.75) is 0 Å². The van der Waals surface area contributed by atoms with E-state index in [1.165, 1.54) is 0 Å². The average Bonchev–Trinajstić information content (AvgIpc) is 2.35. The third-order valence-corrected chi connectivity index (χ3v) is 1.79. The topological polar surface area (TPSA) is 173 Å². The van der Waals surface area contributed by atoms with Crippen LogP contribution in [0.2, 0.25) is 0 Å². The number of nitrogen functional groups attached to an aromatic ring is 2. The number of benzene rings is 2. The molecule has 0 aliphatic carbocycles. The number of aromatic hydroxyl groups is 2. The predicted octanol–water partition coefficient (Wildman–Crippen LogP) is 0.697. The van der Waals surface area contributed by atoms with Gasteiger partial charge in [-0.05, 0) is 48.5 Å². The lowest BCUT2D eigenvalue weighted by molar-refractivity contribution is 0.475. The maximum Gasteiger partial charge on any atom is 0.330 e. The fourth-order valence-electron chi connectivity index (χ4n) is 0.949. The summed E-state index contributed by atoms with van der Waals surface area (Å²) in [6, 6.07) is 12.8. The lowest BCUT2D eigenvalue weighted by atomic mass is 10.3. The summed E-state index contributed by atoms with van der Waals surface area (Å²) in [4.78, 5) is 0. The largest absolute Gasteiger partial charge is 0.508 e. The van der Waals surface area contributed by atoms with Crippen molar-refractivity contribution in [1.29, 1.82) is 0 Å². The van der Waals surface area contributed by atoms with Gasteiger partial charge in [-0.2, -0.15) is 8.42 Å². The van der Waals surface area contributed by atoms with Crippen molar-refractivity contribution in [3.05, 3.63) is 48.5 Å². The first-order chi connectivity index (χ1) is 9.58. The van der Waals surface area contributed by atoms with Crippen molar-refractivity contribution in [2.24, 2.45) is 5.14 Å². The first kappa shape index (κ1) is 18.5. The molecule has 0 saturated heterocycles. The maximum atomic E-state index is 8.97. The fraction of sp³-hybridized carbons (Fsp3) is 0. The standard InChI is InChI=1S/2C6H7NO.H3NO3S/c2*7-5-1-3-6(8)4-2-5;1-5(2,3)4/h2*1-4,8H,7H2;(H3,1,2,3,4). The second-order valence-corrected chi connectivity index (χ2v) is 4.73. The summed E-state index contributed by atoms with van der Waals surface area (Å²) in [7, 11) is -4.17. The molecule has 116 valence electrons. The van der Waals surface area contributed by atoms with Gasteiger partial charge in [-0.1, -0.05) is 0 Å². The van der Waals surface area contributed by atoms with E-state index >= 15 is 0 Å². The van der Waals surface area contributed by atoms with E-state index in [0.29, 0.717) is 11.4 Å².